The molecule has 0 radical (unpaired) electrons. The first-order valence-electron chi connectivity index (χ1n) is 4.26. The van der Waals surface area contributed by atoms with Gasteiger partial charge in [0.15, 0.2) is 0 Å². The normalized spacial score (nSPS) is 11.8. The largest absolute Gasteiger partial charge is 0.382 e. The van der Waals surface area contributed by atoms with Crippen LogP contribution >= 0.6 is 23.2 Å². The maximum absolute atomic E-state index is 5.90. The van der Waals surface area contributed by atoms with Gasteiger partial charge in [-0.25, -0.2) is 4.98 Å². The Morgan fingerprint density at radius 2 is 2.29 bits per heavy atom. The van der Waals surface area contributed by atoms with Crippen LogP contribution in [0.3, 0.4) is 0 Å². The van der Waals surface area contributed by atoms with Crippen LogP contribution in [-0.4, -0.2) is 17.4 Å². The first-order chi connectivity index (χ1) is 6.65. The monoisotopic (exact) mass is 231 g/mol. The molecule has 14 heavy (non-hydrogen) atoms. The SMILES string of the molecule is CCCN=C(N)c1ncc(Cl)cc1Cl. The summed E-state index contributed by atoms with van der Waals surface area (Å²) in [6.07, 6.45) is 2.43. The van der Waals surface area contributed by atoms with Gasteiger partial charge in [-0.2, -0.15) is 0 Å². The van der Waals surface area contributed by atoms with Gasteiger partial charge in [-0.1, -0.05) is 30.1 Å². The lowest BCUT2D eigenvalue weighted by molar-refractivity contribution is 0.929. The fourth-order valence-corrected chi connectivity index (χ4v) is 1.39. The maximum Gasteiger partial charge on any atom is 0.146 e. The number of pyridine rings is 1. The molecule has 0 saturated heterocycles. The van der Waals surface area contributed by atoms with E-state index in [2.05, 4.69) is 9.98 Å². The number of hydrogen-bond donors (Lipinski definition) is 1. The van der Waals surface area contributed by atoms with Crippen molar-refractivity contribution in [1.29, 1.82) is 0 Å². The summed E-state index contributed by atoms with van der Waals surface area (Å²) < 4.78 is 0. The van der Waals surface area contributed by atoms with Gasteiger partial charge in [0.05, 0.1) is 10.0 Å². The summed E-state index contributed by atoms with van der Waals surface area (Å²) in [6.45, 7) is 2.69. The van der Waals surface area contributed by atoms with Gasteiger partial charge in [0.2, 0.25) is 0 Å². The summed E-state index contributed by atoms with van der Waals surface area (Å²) >= 11 is 11.6. The third-order valence-corrected chi connectivity index (χ3v) is 2.05. The van der Waals surface area contributed by atoms with E-state index in [9.17, 15) is 0 Å². The smallest absolute Gasteiger partial charge is 0.146 e. The van der Waals surface area contributed by atoms with Crippen LogP contribution in [0.4, 0.5) is 0 Å². The van der Waals surface area contributed by atoms with Crippen molar-refractivity contribution >= 4 is 29.0 Å². The van der Waals surface area contributed by atoms with Crippen molar-refractivity contribution < 1.29 is 0 Å². The number of aromatic nitrogens is 1. The topological polar surface area (TPSA) is 51.3 Å². The predicted octanol–water partition coefficient (Wildman–Crippen LogP) is 2.50. The number of amidine groups is 1. The van der Waals surface area contributed by atoms with Crippen LogP contribution in [-0.2, 0) is 0 Å². The summed E-state index contributed by atoms with van der Waals surface area (Å²) in [4.78, 5) is 8.12. The zero-order valence-corrected chi connectivity index (χ0v) is 9.31. The lowest BCUT2D eigenvalue weighted by Gasteiger charge is -2.02. The van der Waals surface area contributed by atoms with Crippen molar-refractivity contribution in [2.45, 2.75) is 13.3 Å². The van der Waals surface area contributed by atoms with Crippen LogP contribution < -0.4 is 5.73 Å². The first-order valence-corrected chi connectivity index (χ1v) is 5.02. The summed E-state index contributed by atoms with van der Waals surface area (Å²) in [5.41, 5.74) is 6.18. The molecule has 0 atom stereocenters. The van der Waals surface area contributed by atoms with Gasteiger partial charge >= 0.3 is 0 Å². The van der Waals surface area contributed by atoms with Crippen LogP contribution in [0.1, 0.15) is 19.0 Å². The Kier molecular flexibility index (Phi) is 4.17. The Balaban J connectivity index is 2.95. The van der Waals surface area contributed by atoms with Crippen molar-refractivity contribution in [3.63, 3.8) is 0 Å². The van der Waals surface area contributed by atoms with Gasteiger partial charge in [0.1, 0.15) is 11.5 Å². The van der Waals surface area contributed by atoms with E-state index in [1.54, 1.807) is 6.07 Å². The molecule has 76 valence electrons. The highest BCUT2D eigenvalue weighted by Crippen LogP contribution is 2.17. The highest BCUT2D eigenvalue weighted by atomic mass is 35.5. The van der Waals surface area contributed by atoms with E-state index in [1.165, 1.54) is 6.20 Å². The van der Waals surface area contributed by atoms with Crippen molar-refractivity contribution in [2.24, 2.45) is 10.7 Å². The van der Waals surface area contributed by atoms with Gasteiger partial charge in [-0.3, -0.25) is 4.99 Å². The van der Waals surface area contributed by atoms with Crippen molar-refractivity contribution in [3.05, 3.63) is 28.0 Å². The molecule has 0 bridgehead atoms. The van der Waals surface area contributed by atoms with E-state index >= 15 is 0 Å². The average Bonchev–Trinajstić information content (AvgIpc) is 2.14. The van der Waals surface area contributed by atoms with Crippen LogP contribution in [0.25, 0.3) is 0 Å². The molecule has 0 fully saturated rings. The third-order valence-electron chi connectivity index (χ3n) is 1.56. The quantitative estimate of drug-likeness (QED) is 0.642. The maximum atomic E-state index is 5.90. The molecular formula is C9H11Cl2N3. The average molecular weight is 232 g/mol. The Labute approximate surface area is 93.0 Å². The Morgan fingerprint density at radius 1 is 1.57 bits per heavy atom. The second kappa shape index (κ2) is 5.17. The molecule has 0 aliphatic heterocycles. The molecule has 0 aliphatic carbocycles. The second-order valence-corrected chi connectivity index (χ2v) is 3.59. The number of aliphatic imine (C=N–C) groups is 1. The molecule has 1 aromatic heterocycles. The Bertz CT molecular complexity index is 350. The van der Waals surface area contributed by atoms with Crippen molar-refractivity contribution in [3.8, 4) is 0 Å². The number of nitrogens with two attached hydrogens (primary N) is 1. The second-order valence-electron chi connectivity index (χ2n) is 2.75. The van der Waals surface area contributed by atoms with Gasteiger partial charge in [0.25, 0.3) is 0 Å². The molecular weight excluding hydrogens is 221 g/mol. The first kappa shape index (κ1) is 11.3. The molecule has 0 saturated carbocycles. The zero-order chi connectivity index (χ0) is 10.6. The van der Waals surface area contributed by atoms with E-state index in [-0.39, 0.29) is 0 Å². The standard InChI is InChI=1S/C9H11Cl2N3/c1-2-3-13-9(12)8-7(11)4-6(10)5-14-8/h4-5H,2-3H2,1H3,(H2,12,13). The Morgan fingerprint density at radius 3 is 2.86 bits per heavy atom. The summed E-state index contributed by atoms with van der Waals surface area (Å²) in [6, 6.07) is 1.60. The zero-order valence-electron chi connectivity index (χ0n) is 7.80. The van der Waals surface area contributed by atoms with E-state index in [4.69, 9.17) is 28.9 Å². The molecule has 5 heteroatoms. The molecule has 0 spiro atoms. The molecule has 1 rings (SSSR count). The summed E-state index contributed by atoms with van der Waals surface area (Å²) in [7, 11) is 0. The number of rotatable bonds is 3. The van der Waals surface area contributed by atoms with Crippen molar-refractivity contribution in [2.75, 3.05) is 6.54 Å². The minimum atomic E-state index is 0.355. The number of hydrogen-bond acceptors (Lipinski definition) is 2. The van der Waals surface area contributed by atoms with E-state index in [0.29, 0.717) is 28.1 Å². The molecule has 1 heterocycles. The molecule has 0 aliphatic rings. The number of nitrogens with zero attached hydrogens (tertiary/aromatic N) is 2. The summed E-state index contributed by atoms with van der Waals surface area (Å²) in [5.74, 6) is 0.355. The fraction of sp³-hybridized carbons (Fsp3) is 0.333. The fourth-order valence-electron chi connectivity index (χ4n) is 0.910. The minimum Gasteiger partial charge on any atom is -0.382 e. The Hall–Kier alpha value is -0.800. The molecule has 3 nitrogen and oxygen atoms in total. The van der Waals surface area contributed by atoms with Gasteiger partial charge in [-0.05, 0) is 12.5 Å². The predicted molar refractivity (Wildman–Crippen MR) is 60.1 cm³/mol. The van der Waals surface area contributed by atoms with Crippen LogP contribution in [0.15, 0.2) is 17.3 Å². The lowest BCUT2D eigenvalue weighted by atomic mass is 10.3. The van der Waals surface area contributed by atoms with Crippen LogP contribution in [0.5, 0.6) is 0 Å². The van der Waals surface area contributed by atoms with Crippen molar-refractivity contribution in [1.82, 2.24) is 4.98 Å². The molecule has 1 aromatic rings. The highest BCUT2D eigenvalue weighted by Gasteiger charge is 2.06. The van der Waals surface area contributed by atoms with Gasteiger partial charge in [-0.15, -0.1) is 0 Å². The number of halogens is 2. The minimum absolute atomic E-state index is 0.355. The van der Waals surface area contributed by atoms with Crippen LogP contribution in [0.2, 0.25) is 10.0 Å². The van der Waals surface area contributed by atoms with Gasteiger partial charge < -0.3 is 5.73 Å². The van der Waals surface area contributed by atoms with Crippen LogP contribution in [0, 0.1) is 0 Å². The molecule has 0 amide bonds. The third kappa shape index (κ3) is 2.86. The van der Waals surface area contributed by atoms with E-state index < -0.39 is 0 Å². The van der Waals surface area contributed by atoms with Gasteiger partial charge in [0, 0.05) is 12.7 Å². The highest BCUT2D eigenvalue weighted by molar-refractivity contribution is 6.36. The molecule has 0 aromatic carbocycles. The summed E-state index contributed by atoms with van der Waals surface area (Å²) in [5, 5.41) is 0.914. The van der Waals surface area contributed by atoms with E-state index in [0.717, 1.165) is 6.42 Å². The molecule has 2 N–H and O–H groups in total. The molecule has 0 unspecified atom stereocenters. The van der Waals surface area contributed by atoms with E-state index in [1.807, 2.05) is 6.92 Å². The lowest BCUT2D eigenvalue weighted by Crippen LogP contribution is -2.16.